The van der Waals surface area contributed by atoms with Crippen LogP contribution in [0.1, 0.15) is 24.3 Å². The number of aromatic nitrogens is 1. The van der Waals surface area contributed by atoms with Gasteiger partial charge >= 0.3 is 0 Å². The van der Waals surface area contributed by atoms with Crippen LogP contribution in [0.4, 0.5) is 5.69 Å². The number of amides is 1. The number of rotatable bonds is 6. The van der Waals surface area contributed by atoms with Crippen LogP contribution in [0.2, 0.25) is 10.0 Å². The molecule has 0 fully saturated rings. The molecule has 5 aromatic rings. The number of furan rings is 1. The molecule has 0 saturated carbocycles. The molecule has 0 saturated heterocycles. The Kier molecular flexibility index (Phi) is 7.60. The van der Waals surface area contributed by atoms with Crippen LogP contribution >= 0.6 is 34.5 Å². The predicted octanol–water partition coefficient (Wildman–Crippen LogP) is 6.45. The van der Waals surface area contributed by atoms with Gasteiger partial charge in [-0.05, 0) is 67.1 Å². The van der Waals surface area contributed by atoms with Crippen molar-refractivity contribution in [2.75, 3.05) is 12.4 Å². The van der Waals surface area contributed by atoms with Gasteiger partial charge in [0.15, 0.2) is 4.80 Å². The fourth-order valence-electron chi connectivity index (χ4n) is 4.80. The lowest BCUT2D eigenvalue weighted by Gasteiger charge is -2.25. The lowest BCUT2D eigenvalue weighted by atomic mass is 9.95. The van der Waals surface area contributed by atoms with Crippen molar-refractivity contribution in [1.82, 2.24) is 4.57 Å². The van der Waals surface area contributed by atoms with Crippen molar-refractivity contribution in [3.05, 3.63) is 137 Å². The van der Waals surface area contributed by atoms with Crippen molar-refractivity contribution in [2.24, 2.45) is 4.99 Å². The van der Waals surface area contributed by atoms with E-state index in [0.717, 1.165) is 11.1 Å². The zero-order valence-corrected chi connectivity index (χ0v) is 24.8. The number of carbonyl (C=O) groups excluding carboxylic acids is 1. The highest BCUT2D eigenvalue weighted by molar-refractivity contribution is 7.07. The van der Waals surface area contributed by atoms with Crippen molar-refractivity contribution in [3.63, 3.8) is 0 Å². The summed E-state index contributed by atoms with van der Waals surface area (Å²) >= 11 is 13.5. The van der Waals surface area contributed by atoms with Crippen molar-refractivity contribution < 1.29 is 13.9 Å². The first kappa shape index (κ1) is 27.8. The average molecular weight is 617 g/mol. The van der Waals surface area contributed by atoms with Crippen molar-refractivity contribution >= 4 is 52.2 Å². The molecule has 210 valence electrons. The lowest BCUT2D eigenvalue weighted by Crippen LogP contribution is -2.40. The van der Waals surface area contributed by atoms with Gasteiger partial charge in [0.25, 0.3) is 11.5 Å². The van der Waals surface area contributed by atoms with Gasteiger partial charge in [-0.3, -0.25) is 14.2 Å². The molecule has 3 aromatic carbocycles. The molecule has 1 aliphatic rings. The molecule has 1 N–H and O–H groups in total. The molecule has 0 spiro atoms. The normalized spacial score (nSPS) is 14.9. The van der Waals surface area contributed by atoms with Gasteiger partial charge in [0.05, 0.1) is 39.0 Å². The number of ether oxygens (including phenoxy) is 1. The fourth-order valence-corrected chi connectivity index (χ4v) is 6.12. The zero-order chi connectivity index (χ0) is 29.4. The van der Waals surface area contributed by atoms with E-state index >= 15 is 0 Å². The minimum atomic E-state index is -0.707. The SMILES string of the molecule is COc1ccc([C@H]2C(C(=O)Nc3ccccc3)=C(C)N=c3s/c(=C/c4ccc(-c5ccc(Cl)c(Cl)c5)o4)c(=O)n32)cc1. The van der Waals surface area contributed by atoms with Crippen LogP contribution in [0.5, 0.6) is 5.75 Å². The molecular weight excluding hydrogens is 593 g/mol. The standard InChI is InChI=1S/C32H23Cl2N3O4S/c1-18-28(30(38)36-21-6-4-3-5-7-21)29(19-8-11-22(40-2)12-9-19)37-31(39)27(42-32(37)35-18)17-23-13-15-26(41-23)20-10-14-24(33)25(34)16-20/h3-17,29H,1-2H3,(H,36,38)/b27-17+/t29-/m0/s1. The minimum Gasteiger partial charge on any atom is -0.497 e. The van der Waals surface area contributed by atoms with E-state index in [9.17, 15) is 9.59 Å². The van der Waals surface area contributed by atoms with Crippen LogP contribution in [-0.2, 0) is 4.79 Å². The van der Waals surface area contributed by atoms with Crippen molar-refractivity contribution in [3.8, 4) is 17.1 Å². The molecule has 0 bridgehead atoms. The number of methoxy groups -OCH3 is 1. The molecule has 7 nitrogen and oxygen atoms in total. The Morgan fingerprint density at radius 3 is 2.50 bits per heavy atom. The highest BCUT2D eigenvalue weighted by Crippen LogP contribution is 2.32. The molecular formula is C32H23Cl2N3O4S. The Hall–Kier alpha value is -4.37. The summed E-state index contributed by atoms with van der Waals surface area (Å²) in [5.41, 5.74) is 2.76. The van der Waals surface area contributed by atoms with Crippen molar-refractivity contribution in [2.45, 2.75) is 13.0 Å². The van der Waals surface area contributed by atoms with E-state index in [-0.39, 0.29) is 11.5 Å². The molecule has 6 rings (SSSR count). The quantitative estimate of drug-likeness (QED) is 0.238. The Balaban J connectivity index is 1.44. The third-order valence-electron chi connectivity index (χ3n) is 6.83. The largest absolute Gasteiger partial charge is 0.497 e. The summed E-state index contributed by atoms with van der Waals surface area (Å²) < 4.78 is 13.3. The van der Waals surface area contributed by atoms with Crippen LogP contribution < -0.4 is 24.9 Å². The van der Waals surface area contributed by atoms with E-state index in [0.29, 0.717) is 53.6 Å². The summed E-state index contributed by atoms with van der Waals surface area (Å²) in [6, 6.07) is 24.6. The van der Waals surface area contributed by atoms with E-state index < -0.39 is 6.04 Å². The first-order valence-corrected chi connectivity index (χ1v) is 14.5. The number of carbonyl (C=O) groups is 1. The van der Waals surface area contributed by atoms with Crippen LogP contribution in [0, 0.1) is 0 Å². The van der Waals surface area contributed by atoms with E-state index in [1.165, 1.54) is 11.3 Å². The van der Waals surface area contributed by atoms with E-state index in [4.69, 9.17) is 37.3 Å². The molecule has 1 amide bonds. The Bertz CT molecular complexity index is 2030. The number of allylic oxidation sites excluding steroid dienone is 1. The molecule has 1 atom stereocenters. The maximum absolute atomic E-state index is 13.9. The summed E-state index contributed by atoms with van der Waals surface area (Å²) in [6.07, 6.45) is 1.68. The van der Waals surface area contributed by atoms with Crippen LogP contribution in [0.25, 0.3) is 17.4 Å². The van der Waals surface area contributed by atoms with Gasteiger partial charge in [-0.25, -0.2) is 4.99 Å². The highest BCUT2D eigenvalue weighted by atomic mass is 35.5. The van der Waals surface area contributed by atoms with Gasteiger partial charge in [-0.15, -0.1) is 0 Å². The van der Waals surface area contributed by atoms with Gasteiger partial charge in [-0.2, -0.15) is 0 Å². The molecule has 42 heavy (non-hydrogen) atoms. The minimum absolute atomic E-state index is 0.287. The predicted molar refractivity (Wildman–Crippen MR) is 166 cm³/mol. The number of nitrogens with one attached hydrogen (secondary N) is 1. The molecule has 0 radical (unpaired) electrons. The van der Waals surface area contributed by atoms with Gasteiger partial charge in [-0.1, -0.05) is 64.9 Å². The lowest BCUT2D eigenvalue weighted by molar-refractivity contribution is -0.113. The van der Waals surface area contributed by atoms with Crippen molar-refractivity contribution in [1.29, 1.82) is 0 Å². The summed E-state index contributed by atoms with van der Waals surface area (Å²) in [6.45, 7) is 1.78. The van der Waals surface area contributed by atoms with E-state index in [2.05, 4.69) is 5.32 Å². The highest BCUT2D eigenvalue weighted by Gasteiger charge is 2.32. The fraction of sp³-hybridized carbons (Fsp3) is 0.0938. The first-order chi connectivity index (χ1) is 20.3. The topological polar surface area (TPSA) is 85.8 Å². The molecule has 0 unspecified atom stereocenters. The summed E-state index contributed by atoms with van der Waals surface area (Å²) in [7, 11) is 1.59. The Labute approximate surface area is 254 Å². The Morgan fingerprint density at radius 2 is 1.79 bits per heavy atom. The third-order valence-corrected chi connectivity index (χ3v) is 8.56. The molecule has 10 heteroatoms. The van der Waals surface area contributed by atoms with Gasteiger partial charge in [0.1, 0.15) is 17.3 Å². The van der Waals surface area contributed by atoms with Gasteiger partial charge in [0, 0.05) is 17.3 Å². The van der Waals surface area contributed by atoms with Gasteiger partial charge < -0.3 is 14.5 Å². The smallest absolute Gasteiger partial charge is 0.271 e. The number of benzene rings is 3. The number of anilines is 1. The second kappa shape index (κ2) is 11.5. The number of hydrogen-bond donors (Lipinski definition) is 1. The number of para-hydroxylation sites is 1. The second-order valence-corrected chi connectivity index (χ2v) is 11.3. The van der Waals surface area contributed by atoms with E-state index in [1.807, 2.05) is 36.4 Å². The van der Waals surface area contributed by atoms with Crippen LogP contribution in [-0.4, -0.2) is 17.6 Å². The molecule has 2 aromatic heterocycles. The monoisotopic (exact) mass is 615 g/mol. The van der Waals surface area contributed by atoms with E-state index in [1.54, 1.807) is 73.2 Å². The number of hydrogen-bond acceptors (Lipinski definition) is 6. The molecule has 1 aliphatic heterocycles. The number of fused-ring (bicyclic) bond motifs is 1. The summed E-state index contributed by atoms with van der Waals surface area (Å²) in [4.78, 5) is 32.8. The van der Waals surface area contributed by atoms with Crippen LogP contribution in [0.15, 0.2) is 110 Å². The average Bonchev–Trinajstić information content (AvgIpc) is 3.58. The van der Waals surface area contributed by atoms with Crippen LogP contribution in [0.3, 0.4) is 0 Å². The maximum Gasteiger partial charge on any atom is 0.271 e. The maximum atomic E-state index is 13.9. The van der Waals surface area contributed by atoms with Gasteiger partial charge in [0.2, 0.25) is 0 Å². The second-order valence-electron chi connectivity index (χ2n) is 9.51. The first-order valence-electron chi connectivity index (χ1n) is 12.9. The Morgan fingerprint density at radius 1 is 1.02 bits per heavy atom. The molecule has 3 heterocycles. The third kappa shape index (κ3) is 5.32. The number of nitrogens with zero attached hydrogens (tertiary/aromatic N) is 2. The summed E-state index contributed by atoms with van der Waals surface area (Å²) in [5, 5.41) is 3.82. The number of halogens is 2. The zero-order valence-electron chi connectivity index (χ0n) is 22.4. The summed E-state index contributed by atoms with van der Waals surface area (Å²) in [5.74, 6) is 1.40. The molecule has 0 aliphatic carbocycles. The number of thiazole rings is 1.